The molecule has 1 rings (SSSR count). The van der Waals surface area contributed by atoms with Gasteiger partial charge in [0.15, 0.2) is 20.8 Å². The third-order valence-electron chi connectivity index (χ3n) is 2.23. The van der Waals surface area contributed by atoms with Crippen LogP contribution in [0.1, 0.15) is 39.0 Å². The van der Waals surface area contributed by atoms with E-state index in [2.05, 4.69) is 22.9 Å². The van der Waals surface area contributed by atoms with Gasteiger partial charge in [-0.1, -0.05) is 13.3 Å². The van der Waals surface area contributed by atoms with Crippen LogP contribution in [0.5, 0.6) is 0 Å². The molecule has 0 radical (unpaired) electrons. The Morgan fingerprint density at radius 1 is 1.44 bits per heavy atom. The van der Waals surface area contributed by atoms with Gasteiger partial charge in [0.1, 0.15) is 12.8 Å². The van der Waals surface area contributed by atoms with E-state index in [9.17, 15) is 0 Å². The quantitative estimate of drug-likeness (QED) is 0.555. The zero-order chi connectivity index (χ0) is 6.69. The Hall–Kier alpha value is 0.350. The summed E-state index contributed by atoms with van der Waals surface area (Å²) in [5.74, 6) is 1.02. The predicted molar refractivity (Wildman–Crippen MR) is 44.4 cm³/mol. The Morgan fingerprint density at radius 3 is 2.44 bits per heavy atom. The highest BCUT2D eigenvalue weighted by molar-refractivity contribution is 9.11. The van der Waals surface area contributed by atoms with E-state index in [0.29, 0.717) is 0 Å². The molecule has 1 heteroatoms. The molecule has 0 unspecified atom stereocenters. The summed E-state index contributed by atoms with van der Waals surface area (Å²) >= 11 is 3.56. The summed E-state index contributed by atoms with van der Waals surface area (Å²) in [6, 6.07) is 0. The summed E-state index contributed by atoms with van der Waals surface area (Å²) in [4.78, 5) is 1.53. The number of halogens is 1. The van der Waals surface area contributed by atoms with Gasteiger partial charge in [0, 0.05) is 0 Å². The van der Waals surface area contributed by atoms with Crippen LogP contribution in [-0.4, -0.2) is 0 Å². The van der Waals surface area contributed by atoms with Gasteiger partial charge in [-0.05, 0) is 18.8 Å². The maximum Gasteiger partial charge on any atom is 0.198 e. The van der Waals surface area contributed by atoms with E-state index < -0.39 is 0 Å². The van der Waals surface area contributed by atoms with Crippen LogP contribution in [0.2, 0.25) is 0 Å². The normalized spacial score (nSPS) is 22.7. The van der Waals surface area contributed by atoms with Crippen LogP contribution in [0.25, 0.3) is 0 Å². The van der Waals surface area contributed by atoms with E-state index >= 15 is 0 Å². The van der Waals surface area contributed by atoms with E-state index in [-0.39, 0.29) is 0 Å². The second kappa shape index (κ2) is 3.50. The SMILES string of the molecule is CCC1CC[C+](Br)CC1. The van der Waals surface area contributed by atoms with Crippen LogP contribution >= 0.6 is 15.9 Å². The Morgan fingerprint density at radius 2 is 2.00 bits per heavy atom. The van der Waals surface area contributed by atoms with Crippen molar-refractivity contribution in [1.29, 1.82) is 0 Å². The Bertz CT molecular complexity index is 72.6. The first-order valence-electron chi connectivity index (χ1n) is 3.83. The van der Waals surface area contributed by atoms with E-state index in [0.717, 1.165) is 5.92 Å². The summed E-state index contributed by atoms with van der Waals surface area (Å²) in [7, 11) is 0. The van der Waals surface area contributed by atoms with Gasteiger partial charge >= 0.3 is 0 Å². The van der Waals surface area contributed by atoms with E-state index in [1.165, 1.54) is 36.9 Å². The highest BCUT2D eigenvalue weighted by Gasteiger charge is 2.26. The fourth-order valence-corrected chi connectivity index (χ4v) is 1.86. The van der Waals surface area contributed by atoms with Crippen molar-refractivity contribution >= 4 is 15.9 Å². The van der Waals surface area contributed by atoms with Crippen molar-refractivity contribution in [3.05, 3.63) is 4.83 Å². The maximum atomic E-state index is 3.56. The molecule has 1 aliphatic carbocycles. The van der Waals surface area contributed by atoms with E-state index in [1.54, 1.807) is 0 Å². The van der Waals surface area contributed by atoms with Crippen molar-refractivity contribution < 1.29 is 0 Å². The maximum absolute atomic E-state index is 3.56. The lowest BCUT2D eigenvalue weighted by atomic mass is 9.88. The zero-order valence-electron chi connectivity index (χ0n) is 5.99. The van der Waals surface area contributed by atoms with Gasteiger partial charge in [0.25, 0.3) is 0 Å². The molecule has 1 aliphatic rings. The summed E-state index contributed by atoms with van der Waals surface area (Å²) in [6.45, 7) is 2.30. The second-order valence-corrected chi connectivity index (χ2v) is 3.99. The third kappa shape index (κ3) is 2.21. The molecule has 1 fully saturated rings. The lowest BCUT2D eigenvalue weighted by Gasteiger charge is -2.16. The molecule has 0 atom stereocenters. The van der Waals surface area contributed by atoms with Crippen LogP contribution in [0.15, 0.2) is 0 Å². The van der Waals surface area contributed by atoms with Crippen molar-refractivity contribution in [3.8, 4) is 0 Å². The third-order valence-corrected chi connectivity index (χ3v) is 3.02. The lowest BCUT2D eigenvalue weighted by molar-refractivity contribution is 0.389. The minimum atomic E-state index is 1.02. The van der Waals surface area contributed by atoms with Crippen LogP contribution in [0, 0.1) is 10.7 Å². The van der Waals surface area contributed by atoms with Crippen LogP contribution in [0.4, 0.5) is 0 Å². The van der Waals surface area contributed by atoms with Gasteiger partial charge in [-0.25, -0.2) is 0 Å². The minimum absolute atomic E-state index is 1.02. The summed E-state index contributed by atoms with van der Waals surface area (Å²) in [6.07, 6.45) is 6.84. The Labute approximate surface area is 66.2 Å². The van der Waals surface area contributed by atoms with Gasteiger partial charge in [0.2, 0.25) is 0 Å². The number of hydrogen-bond acceptors (Lipinski definition) is 0. The monoisotopic (exact) mass is 189 g/mol. The highest BCUT2D eigenvalue weighted by Crippen LogP contribution is 2.35. The van der Waals surface area contributed by atoms with Gasteiger partial charge in [-0.2, -0.15) is 0 Å². The molecule has 0 aliphatic heterocycles. The first kappa shape index (κ1) is 7.46. The van der Waals surface area contributed by atoms with Crippen molar-refractivity contribution in [3.63, 3.8) is 0 Å². The molecule has 0 aromatic carbocycles. The van der Waals surface area contributed by atoms with Gasteiger partial charge in [0.05, 0.1) is 0 Å². The van der Waals surface area contributed by atoms with E-state index in [4.69, 9.17) is 0 Å². The topological polar surface area (TPSA) is 0 Å². The average Bonchev–Trinajstić information content (AvgIpc) is 1.90. The fourth-order valence-electron chi connectivity index (χ4n) is 1.40. The van der Waals surface area contributed by atoms with Crippen molar-refractivity contribution in [1.82, 2.24) is 0 Å². The summed E-state index contributed by atoms with van der Waals surface area (Å²) < 4.78 is 0. The molecule has 0 heterocycles. The van der Waals surface area contributed by atoms with E-state index in [1.807, 2.05) is 0 Å². The molecule has 0 aromatic rings. The van der Waals surface area contributed by atoms with Gasteiger partial charge in [-0.15, -0.1) is 0 Å². The predicted octanol–water partition coefficient (Wildman–Crippen LogP) is 3.51. The molecule has 0 bridgehead atoms. The lowest BCUT2D eigenvalue weighted by Crippen LogP contribution is -2.07. The molecule has 1 saturated carbocycles. The van der Waals surface area contributed by atoms with Crippen molar-refractivity contribution in [2.75, 3.05) is 0 Å². The highest BCUT2D eigenvalue weighted by atomic mass is 79.9. The molecule has 0 amide bonds. The summed E-state index contributed by atoms with van der Waals surface area (Å²) in [5, 5.41) is 0. The molecule has 0 saturated heterocycles. The molecular formula is C8H14Br+. The van der Waals surface area contributed by atoms with Gasteiger partial charge in [-0.3, -0.25) is 0 Å². The van der Waals surface area contributed by atoms with Crippen LogP contribution in [-0.2, 0) is 0 Å². The van der Waals surface area contributed by atoms with Crippen molar-refractivity contribution in [2.24, 2.45) is 5.92 Å². The molecular weight excluding hydrogens is 176 g/mol. The Balaban J connectivity index is 2.18. The van der Waals surface area contributed by atoms with Crippen LogP contribution in [0.3, 0.4) is 0 Å². The molecule has 0 N–H and O–H groups in total. The standard InChI is InChI=1S/C8H14Br/c1-2-7-3-5-8(9)6-4-7/h7H,2-6H2,1H3/q+1. The van der Waals surface area contributed by atoms with Crippen LogP contribution < -0.4 is 0 Å². The fraction of sp³-hybridized carbons (Fsp3) is 0.875. The summed E-state index contributed by atoms with van der Waals surface area (Å²) in [5.41, 5.74) is 0. The largest absolute Gasteiger partial charge is 0.198 e. The first-order chi connectivity index (χ1) is 4.33. The first-order valence-corrected chi connectivity index (χ1v) is 4.62. The molecule has 9 heavy (non-hydrogen) atoms. The molecule has 0 nitrogen and oxygen atoms in total. The molecule has 52 valence electrons. The number of hydrogen-bond donors (Lipinski definition) is 0. The second-order valence-electron chi connectivity index (χ2n) is 2.87. The smallest absolute Gasteiger partial charge is 0.0651 e. The number of rotatable bonds is 1. The minimum Gasteiger partial charge on any atom is -0.0651 e. The zero-order valence-corrected chi connectivity index (χ0v) is 7.58. The van der Waals surface area contributed by atoms with Gasteiger partial charge < -0.3 is 0 Å². The Kier molecular flexibility index (Phi) is 2.90. The van der Waals surface area contributed by atoms with Crippen molar-refractivity contribution in [2.45, 2.75) is 39.0 Å². The molecule has 0 spiro atoms. The molecule has 0 aromatic heterocycles. The average molecular weight is 190 g/mol.